The summed E-state index contributed by atoms with van der Waals surface area (Å²) in [7, 11) is -3.93. The lowest BCUT2D eigenvalue weighted by Gasteiger charge is -2.31. The topological polar surface area (TPSA) is 66.5 Å². The standard InChI is InChI=1S/C26H19ClN2O3S2/c27-18-14-15-23-21(16-18)20-10-4-7-13-25(20)34(31,32)29(23)17-26(30)28-22-11-5-6-12-24(22)33-19-8-2-1-3-9-19/h1-16H,17H2,(H,28,30). The molecule has 5 nitrogen and oxygen atoms in total. The molecule has 1 aliphatic heterocycles. The molecule has 34 heavy (non-hydrogen) atoms. The average Bonchev–Trinajstić information content (AvgIpc) is 2.84. The van der Waals surface area contributed by atoms with E-state index in [9.17, 15) is 13.2 Å². The maximum absolute atomic E-state index is 13.5. The maximum Gasteiger partial charge on any atom is 0.265 e. The van der Waals surface area contributed by atoms with Crippen LogP contribution in [0.5, 0.6) is 0 Å². The van der Waals surface area contributed by atoms with Crippen LogP contribution in [0.4, 0.5) is 11.4 Å². The van der Waals surface area contributed by atoms with Gasteiger partial charge in [0.05, 0.1) is 16.3 Å². The molecule has 4 aromatic rings. The van der Waals surface area contributed by atoms with Crippen molar-refractivity contribution < 1.29 is 13.2 Å². The number of carbonyl (C=O) groups is 1. The average molecular weight is 507 g/mol. The highest BCUT2D eigenvalue weighted by atomic mass is 35.5. The third-order valence-electron chi connectivity index (χ3n) is 5.39. The quantitative estimate of drug-likeness (QED) is 0.344. The van der Waals surface area contributed by atoms with Crippen molar-refractivity contribution in [3.05, 3.63) is 102 Å². The van der Waals surface area contributed by atoms with Gasteiger partial charge in [-0.05, 0) is 48.5 Å². The highest BCUT2D eigenvalue weighted by molar-refractivity contribution is 7.99. The molecule has 0 spiro atoms. The zero-order chi connectivity index (χ0) is 23.7. The van der Waals surface area contributed by atoms with Gasteiger partial charge in [-0.1, -0.05) is 71.9 Å². The molecule has 1 amide bonds. The van der Waals surface area contributed by atoms with Crippen molar-refractivity contribution in [2.75, 3.05) is 16.2 Å². The van der Waals surface area contributed by atoms with Gasteiger partial charge in [0.1, 0.15) is 6.54 Å². The van der Waals surface area contributed by atoms with Crippen molar-refractivity contribution >= 4 is 50.7 Å². The number of para-hydroxylation sites is 1. The first-order chi connectivity index (χ1) is 16.4. The number of amides is 1. The number of hydrogen-bond acceptors (Lipinski definition) is 4. The molecule has 1 aliphatic rings. The van der Waals surface area contributed by atoms with Gasteiger partial charge in [0, 0.05) is 25.9 Å². The molecule has 170 valence electrons. The van der Waals surface area contributed by atoms with Crippen LogP contribution in [0.15, 0.2) is 112 Å². The molecule has 0 radical (unpaired) electrons. The fourth-order valence-electron chi connectivity index (χ4n) is 3.87. The third-order valence-corrected chi connectivity index (χ3v) is 8.53. The Hall–Kier alpha value is -3.26. The molecular weight excluding hydrogens is 488 g/mol. The van der Waals surface area contributed by atoms with Crippen LogP contribution in [-0.4, -0.2) is 20.9 Å². The first kappa shape index (κ1) is 22.5. The van der Waals surface area contributed by atoms with E-state index in [2.05, 4.69) is 5.32 Å². The van der Waals surface area contributed by atoms with Gasteiger partial charge in [-0.15, -0.1) is 0 Å². The fourth-order valence-corrected chi connectivity index (χ4v) is 6.61. The number of nitrogens with zero attached hydrogens (tertiary/aromatic N) is 1. The molecule has 0 aliphatic carbocycles. The molecule has 1 N–H and O–H groups in total. The van der Waals surface area contributed by atoms with Crippen LogP contribution in [-0.2, 0) is 14.8 Å². The minimum atomic E-state index is -3.93. The summed E-state index contributed by atoms with van der Waals surface area (Å²) >= 11 is 7.73. The summed E-state index contributed by atoms with van der Waals surface area (Å²) in [6, 6.07) is 29.0. The second-order valence-corrected chi connectivity index (χ2v) is 11.0. The maximum atomic E-state index is 13.5. The Morgan fingerprint density at radius 1 is 0.853 bits per heavy atom. The first-order valence-corrected chi connectivity index (χ1v) is 13.1. The molecule has 4 aromatic carbocycles. The van der Waals surface area contributed by atoms with Crippen molar-refractivity contribution in [3.63, 3.8) is 0 Å². The summed E-state index contributed by atoms with van der Waals surface area (Å²) in [4.78, 5) is 15.2. The van der Waals surface area contributed by atoms with Crippen LogP contribution in [0, 0.1) is 0 Å². The Labute approximate surface area is 207 Å². The first-order valence-electron chi connectivity index (χ1n) is 10.5. The van der Waals surface area contributed by atoms with Gasteiger partial charge < -0.3 is 5.32 Å². The Kier molecular flexibility index (Phi) is 6.08. The minimum absolute atomic E-state index is 0.151. The SMILES string of the molecule is O=C(CN1c2ccc(Cl)cc2-c2ccccc2S1(=O)=O)Nc1ccccc1Sc1ccccc1. The zero-order valence-electron chi connectivity index (χ0n) is 17.8. The van der Waals surface area contributed by atoms with Crippen molar-refractivity contribution in [2.24, 2.45) is 0 Å². The van der Waals surface area contributed by atoms with Gasteiger partial charge in [-0.25, -0.2) is 8.42 Å². The van der Waals surface area contributed by atoms with Gasteiger partial charge in [0.2, 0.25) is 5.91 Å². The molecule has 0 aromatic heterocycles. The number of halogens is 1. The number of carbonyl (C=O) groups excluding carboxylic acids is 1. The largest absolute Gasteiger partial charge is 0.323 e. The number of fused-ring (bicyclic) bond motifs is 3. The molecule has 0 fully saturated rings. The van der Waals surface area contributed by atoms with Crippen LogP contribution in [0.25, 0.3) is 11.1 Å². The minimum Gasteiger partial charge on any atom is -0.323 e. The van der Waals surface area contributed by atoms with Gasteiger partial charge in [0.15, 0.2) is 0 Å². The van der Waals surface area contributed by atoms with Gasteiger partial charge in [-0.3, -0.25) is 9.10 Å². The lowest BCUT2D eigenvalue weighted by molar-refractivity contribution is -0.114. The van der Waals surface area contributed by atoms with Crippen LogP contribution in [0.1, 0.15) is 0 Å². The predicted molar refractivity (Wildman–Crippen MR) is 137 cm³/mol. The Morgan fingerprint density at radius 3 is 2.38 bits per heavy atom. The van der Waals surface area contributed by atoms with Crippen molar-refractivity contribution in [1.82, 2.24) is 0 Å². The molecule has 0 saturated carbocycles. The van der Waals surface area contributed by atoms with E-state index in [0.717, 1.165) is 14.1 Å². The molecule has 0 unspecified atom stereocenters. The van der Waals surface area contributed by atoms with Crippen LogP contribution >= 0.6 is 23.4 Å². The highest BCUT2D eigenvalue weighted by Crippen LogP contribution is 2.44. The Morgan fingerprint density at radius 2 is 1.56 bits per heavy atom. The van der Waals surface area contributed by atoms with Crippen LogP contribution < -0.4 is 9.62 Å². The van der Waals surface area contributed by atoms with E-state index in [-0.39, 0.29) is 11.4 Å². The van der Waals surface area contributed by atoms with Gasteiger partial charge >= 0.3 is 0 Å². The lowest BCUT2D eigenvalue weighted by Crippen LogP contribution is -2.40. The molecule has 0 saturated heterocycles. The second-order valence-electron chi connectivity index (χ2n) is 7.63. The van der Waals surface area contributed by atoms with E-state index in [1.807, 2.05) is 48.5 Å². The molecule has 5 rings (SSSR count). The molecule has 1 heterocycles. The number of rotatable bonds is 5. The molecular formula is C26H19ClN2O3S2. The van der Waals surface area contributed by atoms with Gasteiger partial charge in [0.25, 0.3) is 10.0 Å². The Balaban J connectivity index is 1.45. The third kappa shape index (κ3) is 4.30. The Bertz CT molecular complexity index is 1490. The van der Waals surface area contributed by atoms with Crippen molar-refractivity contribution in [2.45, 2.75) is 14.7 Å². The summed E-state index contributed by atoms with van der Waals surface area (Å²) in [5.74, 6) is -0.440. The fraction of sp³-hybridized carbons (Fsp3) is 0.0385. The van der Waals surface area contributed by atoms with E-state index in [1.54, 1.807) is 48.5 Å². The van der Waals surface area contributed by atoms with E-state index < -0.39 is 15.9 Å². The van der Waals surface area contributed by atoms with Crippen molar-refractivity contribution in [3.8, 4) is 11.1 Å². The normalized spacial score (nSPS) is 13.6. The predicted octanol–water partition coefficient (Wildman–Crippen LogP) is 6.31. The second kappa shape index (κ2) is 9.18. The summed E-state index contributed by atoms with van der Waals surface area (Å²) in [6.07, 6.45) is 0. The summed E-state index contributed by atoms with van der Waals surface area (Å²) in [6.45, 7) is -0.365. The summed E-state index contributed by atoms with van der Waals surface area (Å²) in [5.41, 5.74) is 2.28. The smallest absolute Gasteiger partial charge is 0.265 e. The number of sulfonamides is 1. The zero-order valence-corrected chi connectivity index (χ0v) is 20.2. The van der Waals surface area contributed by atoms with Crippen molar-refractivity contribution in [1.29, 1.82) is 0 Å². The monoisotopic (exact) mass is 506 g/mol. The molecule has 0 atom stereocenters. The summed E-state index contributed by atoms with van der Waals surface area (Å²) < 4.78 is 28.1. The van der Waals surface area contributed by atoms with Crippen LogP contribution in [0.2, 0.25) is 5.02 Å². The van der Waals surface area contributed by atoms with E-state index >= 15 is 0 Å². The highest BCUT2D eigenvalue weighted by Gasteiger charge is 2.36. The number of hydrogen-bond donors (Lipinski definition) is 1. The van der Waals surface area contributed by atoms with Crippen LogP contribution in [0.3, 0.4) is 0 Å². The molecule has 8 heteroatoms. The van der Waals surface area contributed by atoms with E-state index in [0.29, 0.717) is 27.5 Å². The van der Waals surface area contributed by atoms with E-state index in [4.69, 9.17) is 11.6 Å². The summed E-state index contributed by atoms with van der Waals surface area (Å²) in [5, 5.41) is 3.38. The van der Waals surface area contributed by atoms with Gasteiger partial charge in [-0.2, -0.15) is 0 Å². The van der Waals surface area contributed by atoms with E-state index in [1.165, 1.54) is 11.8 Å². The number of anilines is 2. The number of benzene rings is 4. The molecule has 0 bridgehead atoms. The number of nitrogens with one attached hydrogen (secondary N) is 1. The lowest BCUT2D eigenvalue weighted by atomic mass is 10.0.